The van der Waals surface area contributed by atoms with Crippen LogP contribution in [0.25, 0.3) is 0 Å². The fourth-order valence-electron chi connectivity index (χ4n) is 1.92. The van der Waals surface area contributed by atoms with E-state index in [-0.39, 0.29) is 6.04 Å². The number of nitrogens with zero attached hydrogens (tertiary/aromatic N) is 5. The predicted octanol–water partition coefficient (Wildman–Crippen LogP) is 0.981. The molecule has 2 aromatic rings. The quantitative estimate of drug-likeness (QED) is 0.823. The van der Waals surface area contributed by atoms with E-state index < -0.39 is 0 Å². The van der Waals surface area contributed by atoms with Gasteiger partial charge in [0.05, 0.1) is 6.20 Å². The molecule has 2 heterocycles. The minimum Gasteiger partial charge on any atom is -0.313 e. The maximum Gasteiger partial charge on any atom is 0.138 e. The monoisotopic (exact) mass is 246 g/mol. The molecule has 6 nitrogen and oxygen atoms in total. The highest BCUT2D eigenvalue weighted by Gasteiger charge is 2.14. The molecule has 6 heteroatoms. The van der Waals surface area contributed by atoms with E-state index in [9.17, 15) is 0 Å². The zero-order valence-electron chi connectivity index (χ0n) is 10.7. The fourth-order valence-corrected chi connectivity index (χ4v) is 1.92. The summed E-state index contributed by atoms with van der Waals surface area (Å²) >= 11 is 0. The van der Waals surface area contributed by atoms with Gasteiger partial charge in [0.1, 0.15) is 12.2 Å². The normalized spacial score (nSPS) is 12.6. The summed E-state index contributed by atoms with van der Waals surface area (Å²) in [5, 5.41) is 15.2. The van der Waals surface area contributed by atoms with Crippen LogP contribution in [0.3, 0.4) is 0 Å². The summed E-state index contributed by atoms with van der Waals surface area (Å²) in [7, 11) is 1.94. The van der Waals surface area contributed by atoms with E-state index in [1.54, 1.807) is 18.7 Å². The van der Waals surface area contributed by atoms with Gasteiger partial charge in [0, 0.05) is 25.2 Å². The highest BCUT2D eigenvalue weighted by molar-refractivity contribution is 5.13. The van der Waals surface area contributed by atoms with Crippen molar-refractivity contribution in [2.45, 2.75) is 32.4 Å². The van der Waals surface area contributed by atoms with Crippen molar-refractivity contribution < 1.29 is 0 Å². The SMILES string of the molecule is CCCn1ncnc1CC(NC)c1ccnnc1. The number of aromatic nitrogens is 5. The lowest BCUT2D eigenvalue weighted by atomic mass is 10.1. The first-order valence-electron chi connectivity index (χ1n) is 6.15. The minimum absolute atomic E-state index is 0.181. The molecule has 96 valence electrons. The van der Waals surface area contributed by atoms with E-state index in [1.165, 1.54) is 0 Å². The van der Waals surface area contributed by atoms with Gasteiger partial charge in [-0.1, -0.05) is 6.92 Å². The van der Waals surface area contributed by atoms with Crippen LogP contribution in [-0.4, -0.2) is 32.0 Å². The van der Waals surface area contributed by atoms with Crippen molar-refractivity contribution in [1.82, 2.24) is 30.3 Å². The molecule has 0 aromatic carbocycles. The summed E-state index contributed by atoms with van der Waals surface area (Å²) in [5.41, 5.74) is 1.11. The highest BCUT2D eigenvalue weighted by atomic mass is 15.3. The Hall–Kier alpha value is -1.82. The third kappa shape index (κ3) is 2.89. The van der Waals surface area contributed by atoms with Gasteiger partial charge < -0.3 is 5.32 Å². The first kappa shape index (κ1) is 12.6. The van der Waals surface area contributed by atoms with Crippen LogP contribution in [0.5, 0.6) is 0 Å². The molecule has 0 radical (unpaired) electrons. The van der Waals surface area contributed by atoms with Crippen LogP contribution >= 0.6 is 0 Å². The molecule has 0 aliphatic carbocycles. The lowest BCUT2D eigenvalue weighted by Gasteiger charge is -2.15. The summed E-state index contributed by atoms with van der Waals surface area (Å²) < 4.78 is 1.96. The van der Waals surface area contributed by atoms with Gasteiger partial charge in [-0.2, -0.15) is 15.3 Å². The Morgan fingerprint density at radius 2 is 2.28 bits per heavy atom. The minimum atomic E-state index is 0.181. The van der Waals surface area contributed by atoms with Crippen LogP contribution in [0, 0.1) is 0 Å². The van der Waals surface area contributed by atoms with E-state index in [0.717, 1.165) is 30.8 Å². The molecule has 0 bridgehead atoms. The van der Waals surface area contributed by atoms with Crippen LogP contribution < -0.4 is 5.32 Å². The fraction of sp³-hybridized carbons (Fsp3) is 0.500. The number of hydrogen-bond donors (Lipinski definition) is 1. The van der Waals surface area contributed by atoms with Crippen molar-refractivity contribution >= 4 is 0 Å². The third-order valence-electron chi connectivity index (χ3n) is 2.88. The van der Waals surface area contributed by atoms with Crippen molar-refractivity contribution in [3.63, 3.8) is 0 Å². The number of aryl methyl sites for hydroxylation is 1. The van der Waals surface area contributed by atoms with E-state index in [1.807, 2.05) is 17.8 Å². The van der Waals surface area contributed by atoms with Crippen molar-refractivity contribution in [3.05, 3.63) is 36.2 Å². The molecule has 1 N–H and O–H groups in total. The average molecular weight is 246 g/mol. The molecule has 0 saturated carbocycles. The second-order valence-electron chi connectivity index (χ2n) is 4.12. The maximum absolute atomic E-state index is 4.32. The molecular formula is C12H18N6. The van der Waals surface area contributed by atoms with Gasteiger partial charge in [-0.15, -0.1) is 0 Å². The average Bonchev–Trinajstić information content (AvgIpc) is 2.85. The number of hydrogen-bond acceptors (Lipinski definition) is 5. The van der Waals surface area contributed by atoms with Crippen LogP contribution in [-0.2, 0) is 13.0 Å². The van der Waals surface area contributed by atoms with E-state index in [4.69, 9.17) is 0 Å². The molecule has 0 fully saturated rings. The second kappa shape index (κ2) is 6.20. The second-order valence-corrected chi connectivity index (χ2v) is 4.12. The summed E-state index contributed by atoms with van der Waals surface area (Å²) in [6, 6.07) is 2.15. The molecule has 1 atom stereocenters. The highest BCUT2D eigenvalue weighted by Crippen LogP contribution is 2.15. The zero-order chi connectivity index (χ0) is 12.8. The van der Waals surface area contributed by atoms with E-state index in [0.29, 0.717) is 0 Å². The molecule has 0 spiro atoms. The number of rotatable bonds is 6. The largest absolute Gasteiger partial charge is 0.313 e. The van der Waals surface area contributed by atoms with E-state index >= 15 is 0 Å². The molecule has 2 aromatic heterocycles. The van der Waals surface area contributed by atoms with Crippen LogP contribution in [0.4, 0.5) is 0 Å². The Kier molecular flexibility index (Phi) is 4.35. The molecule has 0 amide bonds. The van der Waals surface area contributed by atoms with Gasteiger partial charge >= 0.3 is 0 Å². The lowest BCUT2D eigenvalue weighted by molar-refractivity contribution is 0.515. The molecule has 1 unspecified atom stereocenters. The van der Waals surface area contributed by atoms with Gasteiger partial charge in [-0.25, -0.2) is 4.98 Å². The van der Waals surface area contributed by atoms with Gasteiger partial charge in [0.25, 0.3) is 0 Å². The number of nitrogens with one attached hydrogen (secondary N) is 1. The third-order valence-corrected chi connectivity index (χ3v) is 2.88. The maximum atomic E-state index is 4.32. The summed E-state index contributed by atoms with van der Waals surface area (Å²) in [4.78, 5) is 4.32. The van der Waals surface area contributed by atoms with Crippen LogP contribution in [0.15, 0.2) is 24.8 Å². The molecular weight excluding hydrogens is 228 g/mol. The predicted molar refractivity (Wildman–Crippen MR) is 67.8 cm³/mol. The van der Waals surface area contributed by atoms with Crippen molar-refractivity contribution in [3.8, 4) is 0 Å². The Bertz CT molecular complexity index is 466. The molecule has 0 aliphatic rings. The van der Waals surface area contributed by atoms with Crippen molar-refractivity contribution in [1.29, 1.82) is 0 Å². The van der Waals surface area contributed by atoms with Gasteiger partial charge in [0.2, 0.25) is 0 Å². The lowest BCUT2D eigenvalue weighted by Crippen LogP contribution is -2.21. The topological polar surface area (TPSA) is 68.5 Å². The Morgan fingerprint density at radius 1 is 1.39 bits per heavy atom. The standard InChI is InChI=1S/C12H18N6/c1-3-6-18-12(14-9-17-18)7-11(13-2)10-4-5-15-16-8-10/h4-5,8-9,11,13H,3,6-7H2,1-2H3. The van der Waals surface area contributed by atoms with Crippen molar-refractivity contribution in [2.75, 3.05) is 7.05 Å². The summed E-state index contributed by atoms with van der Waals surface area (Å²) in [6.45, 7) is 3.04. The molecule has 18 heavy (non-hydrogen) atoms. The molecule has 0 aliphatic heterocycles. The first-order chi connectivity index (χ1) is 8.85. The Labute approximate surface area is 106 Å². The van der Waals surface area contributed by atoms with Gasteiger partial charge in [-0.05, 0) is 25.1 Å². The van der Waals surface area contributed by atoms with E-state index in [2.05, 4.69) is 32.5 Å². The summed E-state index contributed by atoms with van der Waals surface area (Å²) in [6.07, 6.45) is 6.94. The van der Waals surface area contributed by atoms with Crippen LogP contribution in [0.2, 0.25) is 0 Å². The molecule has 0 saturated heterocycles. The van der Waals surface area contributed by atoms with Gasteiger partial charge in [0.15, 0.2) is 0 Å². The van der Waals surface area contributed by atoms with Crippen LogP contribution in [0.1, 0.15) is 30.8 Å². The Morgan fingerprint density at radius 3 is 2.94 bits per heavy atom. The van der Waals surface area contributed by atoms with Gasteiger partial charge in [-0.3, -0.25) is 4.68 Å². The van der Waals surface area contributed by atoms with Crippen molar-refractivity contribution in [2.24, 2.45) is 0 Å². The Balaban J connectivity index is 2.13. The smallest absolute Gasteiger partial charge is 0.138 e. The first-order valence-corrected chi connectivity index (χ1v) is 6.15. The summed E-state index contributed by atoms with van der Waals surface area (Å²) in [5.74, 6) is 0.994. The zero-order valence-corrected chi connectivity index (χ0v) is 10.7. The molecule has 2 rings (SSSR count). The number of likely N-dealkylation sites (N-methyl/N-ethyl adjacent to an activating group) is 1.